The quantitative estimate of drug-likeness (QED) is 0.400. The van der Waals surface area contributed by atoms with Crippen molar-refractivity contribution < 1.29 is 13.2 Å². The van der Waals surface area contributed by atoms with Gasteiger partial charge in [0.2, 0.25) is 0 Å². The fraction of sp³-hybridized carbons (Fsp3) is 0.364. The second-order valence-electron chi connectivity index (χ2n) is 7.80. The van der Waals surface area contributed by atoms with Crippen LogP contribution in [0.2, 0.25) is 10.0 Å². The molecule has 0 fully saturated rings. The Morgan fingerprint density at radius 1 is 1.00 bits per heavy atom. The molecule has 0 unspecified atom stereocenters. The van der Waals surface area contributed by atoms with Crippen LogP contribution in [0.3, 0.4) is 0 Å². The second-order valence-corrected chi connectivity index (χ2v) is 10.9. The van der Waals surface area contributed by atoms with E-state index in [1.807, 2.05) is 24.3 Å². The summed E-state index contributed by atoms with van der Waals surface area (Å²) in [6.45, 7) is 0.340. The van der Waals surface area contributed by atoms with Crippen molar-refractivity contribution in [1.82, 2.24) is 20.2 Å². The molecule has 3 rings (SSSR count). The van der Waals surface area contributed by atoms with E-state index < -0.39 is 9.84 Å². The third-order valence-corrected chi connectivity index (χ3v) is 6.42. The number of halogens is 2. The molecule has 0 aliphatic rings. The molecule has 0 saturated carbocycles. The van der Waals surface area contributed by atoms with E-state index in [1.165, 1.54) is 11.1 Å². The lowest BCUT2D eigenvalue weighted by Gasteiger charge is -2.13. The van der Waals surface area contributed by atoms with Crippen molar-refractivity contribution in [2.45, 2.75) is 38.1 Å². The maximum atomic E-state index is 12.8. The molecule has 7 nitrogen and oxygen atoms in total. The summed E-state index contributed by atoms with van der Waals surface area (Å²) in [6.07, 6.45) is 2.68. The molecule has 0 saturated heterocycles. The van der Waals surface area contributed by atoms with Crippen LogP contribution in [-0.4, -0.2) is 46.4 Å². The molecular formula is C22H24Cl2N4O3S. The molecule has 0 radical (unpaired) electrons. The zero-order valence-corrected chi connectivity index (χ0v) is 19.9. The molecule has 10 heteroatoms. The standard InChI is InChI=1S/C22H24Cl2N4O3S/c1-32(30,31)12-2-11-28-26-22(25-27-28)18(13-16-3-7-19(23)8-4-16)15-21(29)14-17-5-9-20(24)10-6-17/h3-10,18H,2,11-15H2,1H3/t18-/m1/s1. The Morgan fingerprint density at radius 3 is 2.19 bits per heavy atom. The lowest BCUT2D eigenvalue weighted by Crippen LogP contribution is -2.14. The van der Waals surface area contributed by atoms with Gasteiger partial charge in [-0.3, -0.25) is 4.79 Å². The summed E-state index contributed by atoms with van der Waals surface area (Å²) in [4.78, 5) is 14.2. The highest BCUT2D eigenvalue weighted by molar-refractivity contribution is 7.90. The van der Waals surface area contributed by atoms with Gasteiger partial charge in [0, 0.05) is 35.1 Å². The Morgan fingerprint density at radius 2 is 1.59 bits per heavy atom. The van der Waals surface area contributed by atoms with Gasteiger partial charge >= 0.3 is 0 Å². The third-order valence-electron chi connectivity index (χ3n) is 4.89. The lowest BCUT2D eigenvalue weighted by molar-refractivity contribution is -0.118. The number of tetrazole rings is 1. The smallest absolute Gasteiger partial charge is 0.178 e. The van der Waals surface area contributed by atoms with Gasteiger partial charge in [0.15, 0.2) is 5.82 Å². The Hall–Kier alpha value is -2.29. The number of nitrogens with zero attached hydrogens (tertiary/aromatic N) is 4. The number of benzene rings is 2. The summed E-state index contributed by atoms with van der Waals surface area (Å²) in [5.41, 5.74) is 1.90. The highest BCUT2D eigenvalue weighted by Crippen LogP contribution is 2.24. The first-order valence-electron chi connectivity index (χ1n) is 10.1. The van der Waals surface area contributed by atoms with Crippen LogP contribution in [0.4, 0.5) is 0 Å². The van der Waals surface area contributed by atoms with E-state index in [0.717, 1.165) is 11.1 Å². The Balaban J connectivity index is 1.72. The highest BCUT2D eigenvalue weighted by Gasteiger charge is 2.22. The topological polar surface area (TPSA) is 94.8 Å². The monoisotopic (exact) mass is 494 g/mol. The number of carbonyl (C=O) groups is 1. The van der Waals surface area contributed by atoms with E-state index in [1.54, 1.807) is 24.3 Å². The van der Waals surface area contributed by atoms with Crippen LogP contribution in [-0.2, 0) is 34.0 Å². The minimum Gasteiger partial charge on any atom is -0.299 e. The number of sulfone groups is 1. The van der Waals surface area contributed by atoms with Crippen LogP contribution < -0.4 is 0 Å². The summed E-state index contributed by atoms with van der Waals surface area (Å²) < 4.78 is 22.7. The largest absolute Gasteiger partial charge is 0.299 e. The van der Waals surface area contributed by atoms with E-state index in [0.29, 0.717) is 35.3 Å². The fourth-order valence-electron chi connectivity index (χ4n) is 3.32. The number of rotatable bonds is 11. The fourth-order valence-corrected chi connectivity index (χ4v) is 4.22. The first kappa shape index (κ1) is 24.4. The van der Waals surface area contributed by atoms with Gasteiger partial charge in [-0.2, -0.15) is 4.80 Å². The number of aryl methyl sites for hydroxylation is 1. The SMILES string of the molecule is CS(=O)(=O)CCCn1nnc([C@@H](CC(=O)Cc2ccc(Cl)cc2)Cc2ccc(Cl)cc2)n1. The van der Waals surface area contributed by atoms with Crippen molar-refractivity contribution in [2.24, 2.45) is 0 Å². The Bertz CT molecular complexity index is 1150. The molecule has 1 heterocycles. The van der Waals surface area contributed by atoms with E-state index in [9.17, 15) is 13.2 Å². The van der Waals surface area contributed by atoms with Crippen molar-refractivity contribution in [2.75, 3.05) is 12.0 Å². The third kappa shape index (κ3) is 8.00. The van der Waals surface area contributed by atoms with Gasteiger partial charge in [-0.1, -0.05) is 47.5 Å². The van der Waals surface area contributed by atoms with Crippen LogP contribution in [0, 0.1) is 0 Å². The first-order valence-corrected chi connectivity index (χ1v) is 13.0. The minimum absolute atomic E-state index is 0.0532. The predicted molar refractivity (Wildman–Crippen MR) is 125 cm³/mol. The maximum absolute atomic E-state index is 12.8. The van der Waals surface area contributed by atoms with Crippen molar-refractivity contribution in [1.29, 1.82) is 0 Å². The van der Waals surface area contributed by atoms with Gasteiger partial charge in [-0.15, -0.1) is 10.2 Å². The molecule has 0 aliphatic heterocycles. The van der Waals surface area contributed by atoms with Crippen LogP contribution in [0.15, 0.2) is 48.5 Å². The van der Waals surface area contributed by atoms with E-state index in [-0.39, 0.29) is 30.3 Å². The predicted octanol–water partition coefficient (Wildman–Crippen LogP) is 3.94. The van der Waals surface area contributed by atoms with Gasteiger partial charge in [0.25, 0.3) is 0 Å². The number of carbonyl (C=O) groups excluding carboxylic acids is 1. The van der Waals surface area contributed by atoms with Crippen LogP contribution in [0.25, 0.3) is 0 Å². The average molecular weight is 495 g/mol. The van der Waals surface area contributed by atoms with Gasteiger partial charge < -0.3 is 0 Å². The van der Waals surface area contributed by atoms with E-state index in [2.05, 4.69) is 15.4 Å². The van der Waals surface area contributed by atoms with Gasteiger partial charge in [0.1, 0.15) is 15.6 Å². The van der Waals surface area contributed by atoms with Crippen molar-refractivity contribution in [3.05, 3.63) is 75.5 Å². The lowest BCUT2D eigenvalue weighted by atomic mass is 9.92. The number of Topliss-reactive ketones (excluding diaryl/α,β-unsaturated/α-hetero) is 1. The molecule has 0 aliphatic carbocycles. The second kappa shape index (κ2) is 11.0. The van der Waals surface area contributed by atoms with Gasteiger partial charge in [-0.25, -0.2) is 8.42 Å². The van der Waals surface area contributed by atoms with Crippen molar-refractivity contribution in [3.8, 4) is 0 Å². The minimum atomic E-state index is -3.05. The molecule has 0 bridgehead atoms. The summed E-state index contributed by atoms with van der Waals surface area (Å²) in [5, 5.41) is 13.9. The van der Waals surface area contributed by atoms with Gasteiger partial charge in [0.05, 0.1) is 12.3 Å². The van der Waals surface area contributed by atoms with E-state index >= 15 is 0 Å². The summed E-state index contributed by atoms with van der Waals surface area (Å²) >= 11 is 11.9. The normalized spacial score (nSPS) is 12.6. The molecule has 2 aromatic carbocycles. The van der Waals surface area contributed by atoms with Crippen LogP contribution >= 0.6 is 23.2 Å². The molecular weight excluding hydrogens is 471 g/mol. The average Bonchev–Trinajstić information content (AvgIpc) is 3.19. The zero-order chi connectivity index (χ0) is 23.1. The molecule has 3 aromatic rings. The van der Waals surface area contributed by atoms with Crippen molar-refractivity contribution in [3.63, 3.8) is 0 Å². The number of hydrogen-bond donors (Lipinski definition) is 0. The number of ketones is 1. The zero-order valence-electron chi connectivity index (χ0n) is 17.6. The number of aromatic nitrogens is 4. The van der Waals surface area contributed by atoms with Crippen molar-refractivity contribution >= 4 is 38.8 Å². The Kier molecular flexibility index (Phi) is 8.39. The number of hydrogen-bond acceptors (Lipinski definition) is 6. The van der Waals surface area contributed by atoms with E-state index in [4.69, 9.17) is 23.2 Å². The molecule has 0 amide bonds. The molecule has 1 aromatic heterocycles. The molecule has 0 spiro atoms. The maximum Gasteiger partial charge on any atom is 0.178 e. The summed E-state index contributed by atoms with van der Waals surface area (Å²) in [5.74, 6) is 0.306. The molecule has 32 heavy (non-hydrogen) atoms. The summed E-state index contributed by atoms with van der Waals surface area (Å²) in [7, 11) is -3.05. The van der Waals surface area contributed by atoms with Gasteiger partial charge in [-0.05, 0) is 53.4 Å². The summed E-state index contributed by atoms with van der Waals surface area (Å²) in [6, 6.07) is 14.6. The van der Waals surface area contributed by atoms with Crippen LogP contribution in [0.5, 0.6) is 0 Å². The van der Waals surface area contributed by atoms with Crippen LogP contribution in [0.1, 0.15) is 35.7 Å². The molecule has 170 valence electrons. The molecule has 0 N–H and O–H groups in total. The highest BCUT2D eigenvalue weighted by atomic mass is 35.5. The first-order chi connectivity index (χ1) is 15.2. The molecule has 1 atom stereocenters. The Labute approximate surface area is 197 Å².